The van der Waals surface area contributed by atoms with Crippen molar-refractivity contribution in [1.82, 2.24) is 15.5 Å². The van der Waals surface area contributed by atoms with Gasteiger partial charge in [-0.05, 0) is 29.8 Å². The molecule has 0 saturated heterocycles. The van der Waals surface area contributed by atoms with Crippen LogP contribution in [0.5, 0.6) is 0 Å². The molecular weight excluding hydrogens is 317 g/mol. The van der Waals surface area contributed by atoms with Gasteiger partial charge in [-0.25, -0.2) is 4.39 Å². The number of nitrogens with zero attached hydrogens (tertiary/aromatic N) is 1. The molecule has 1 amide bonds. The highest BCUT2D eigenvalue weighted by Crippen LogP contribution is 2.24. The predicted octanol–water partition coefficient (Wildman–Crippen LogP) is 3.80. The average Bonchev–Trinajstić information content (AvgIpc) is 3.04. The summed E-state index contributed by atoms with van der Waals surface area (Å²) in [6.45, 7) is 0.305. The third kappa shape index (κ3) is 3.57. The Morgan fingerprint density at radius 1 is 1.22 bits per heavy atom. The molecule has 6 heteroatoms. The second-order valence-corrected chi connectivity index (χ2v) is 5.41. The Morgan fingerprint density at radius 2 is 2.00 bits per heavy atom. The molecule has 3 aromatic rings. The topological polar surface area (TPSA) is 57.8 Å². The molecule has 4 nitrogen and oxygen atoms in total. The van der Waals surface area contributed by atoms with Crippen molar-refractivity contribution in [1.29, 1.82) is 0 Å². The Morgan fingerprint density at radius 3 is 2.74 bits per heavy atom. The summed E-state index contributed by atoms with van der Waals surface area (Å²) >= 11 is 5.98. The number of carbonyl (C=O) groups excluding carboxylic acids is 1. The molecule has 3 rings (SSSR count). The van der Waals surface area contributed by atoms with Gasteiger partial charge in [-0.3, -0.25) is 9.89 Å². The van der Waals surface area contributed by atoms with Crippen LogP contribution in [-0.4, -0.2) is 16.1 Å². The number of benzene rings is 2. The summed E-state index contributed by atoms with van der Waals surface area (Å²) < 4.78 is 12.9. The van der Waals surface area contributed by atoms with Gasteiger partial charge in [-0.15, -0.1) is 0 Å². The first-order valence-corrected chi connectivity index (χ1v) is 7.33. The fourth-order valence-corrected chi connectivity index (χ4v) is 2.39. The molecule has 1 heterocycles. The molecule has 0 unspecified atom stereocenters. The first-order chi connectivity index (χ1) is 11.1. The molecule has 0 spiro atoms. The van der Waals surface area contributed by atoms with Gasteiger partial charge < -0.3 is 5.32 Å². The van der Waals surface area contributed by atoms with E-state index in [4.69, 9.17) is 11.6 Å². The molecule has 0 aliphatic carbocycles. The number of nitrogens with one attached hydrogen (secondary N) is 2. The number of hydrogen-bond acceptors (Lipinski definition) is 2. The van der Waals surface area contributed by atoms with E-state index >= 15 is 0 Å². The van der Waals surface area contributed by atoms with Crippen LogP contribution >= 0.6 is 11.6 Å². The highest BCUT2D eigenvalue weighted by molar-refractivity contribution is 6.30. The highest BCUT2D eigenvalue weighted by Gasteiger charge is 2.15. The number of rotatable bonds is 4. The number of carbonyl (C=O) groups is 1. The highest BCUT2D eigenvalue weighted by atomic mass is 35.5. The van der Waals surface area contributed by atoms with Crippen LogP contribution in [0.1, 0.15) is 15.9 Å². The van der Waals surface area contributed by atoms with Gasteiger partial charge in [-0.2, -0.15) is 5.10 Å². The molecule has 2 aromatic carbocycles. The van der Waals surface area contributed by atoms with Crippen LogP contribution in [0.4, 0.5) is 4.39 Å². The van der Waals surface area contributed by atoms with Gasteiger partial charge in [0.1, 0.15) is 5.82 Å². The second-order valence-electron chi connectivity index (χ2n) is 4.98. The number of aromatic amines is 1. The Kier molecular flexibility index (Phi) is 4.39. The van der Waals surface area contributed by atoms with Crippen molar-refractivity contribution in [2.75, 3.05) is 0 Å². The molecule has 116 valence electrons. The molecule has 0 saturated carbocycles. The summed E-state index contributed by atoms with van der Waals surface area (Å²) in [6.07, 6.45) is 1.47. The van der Waals surface area contributed by atoms with Crippen molar-refractivity contribution < 1.29 is 9.18 Å². The molecule has 1 aromatic heterocycles. The number of amides is 1. The smallest absolute Gasteiger partial charge is 0.255 e. The SMILES string of the molecule is O=C(NCc1ccc(F)cc1)c1cn[nH]c1-c1cccc(Cl)c1. The van der Waals surface area contributed by atoms with Crippen molar-refractivity contribution in [2.24, 2.45) is 0 Å². The summed E-state index contributed by atoms with van der Waals surface area (Å²) in [6, 6.07) is 13.1. The van der Waals surface area contributed by atoms with Crippen LogP contribution in [0.2, 0.25) is 5.02 Å². The maximum absolute atomic E-state index is 12.9. The van der Waals surface area contributed by atoms with Crippen molar-refractivity contribution >= 4 is 17.5 Å². The van der Waals surface area contributed by atoms with Crippen molar-refractivity contribution in [3.05, 3.63) is 76.7 Å². The number of aromatic nitrogens is 2. The summed E-state index contributed by atoms with van der Waals surface area (Å²) in [5.41, 5.74) is 2.62. The number of H-pyrrole nitrogens is 1. The van der Waals surface area contributed by atoms with Gasteiger partial charge >= 0.3 is 0 Å². The van der Waals surface area contributed by atoms with E-state index in [1.165, 1.54) is 18.3 Å². The number of hydrogen-bond donors (Lipinski definition) is 2. The van der Waals surface area contributed by atoms with Crippen molar-refractivity contribution in [3.8, 4) is 11.3 Å². The predicted molar refractivity (Wildman–Crippen MR) is 86.6 cm³/mol. The molecule has 0 aliphatic heterocycles. The number of halogens is 2. The third-order valence-corrected chi connectivity index (χ3v) is 3.60. The summed E-state index contributed by atoms with van der Waals surface area (Å²) in [5, 5.41) is 10.1. The standard InChI is InChI=1S/C17H13ClFN3O/c18-13-3-1-2-12(8-13)16-15(10-21-22-16)17(23)20-9-11-4-6-14(19)7-5-11/h1-8,10H,9H2,(H,20,23)(H,21,22). The van der Waals surface area contributed by atoms with E-state index < -0.39 is 0 Å². The first kappa shape index (κ1) is 15.2. The summed E-state index contributed by atoms with van der Waals surface area (Å²) in [4.78, 5) is 12.3. The minimum Gasteiger partial charge on any atom is -0.348 e. The zero-order valence-corrected chi connectivity index (χ0v) is 12.8. The Labute approximate surface area is 137 Å². The van der Waals surface area contributed by atoms with Crippen molar-refractivity contribution in [2.45, 2.75) is 6.54 Å². The average molecular weight is 330 g/mol. The van der Waals surface area contributed by atoms with Crippen LogP contribution in [0, 0.1) is 5.82 Å². The zero-order valence-electron chi connectivity index (χ0n) is 12.0. The third-order valence-electron chi connectivity index (χ3n) is 3.36. The van der Waals surface area contributed by atoms with Crippen molar-refractivity contribution in [3.63, 3.8) is 0 Å². The largest absolute Gasteiger partial charge is 0.348 e. The van der Waals surface area contributed by atoms with E-state index in [9.17, 15) is 9.18 Å². The van der Waals surface area contributed by atoms with E-state index in [-0.39, 0.29) is 11.7 Å². The minimum absolute atomic E-state index is 0.266. The lowest BCUT2D eigenvalue weighted by Crippen LogP contribution is -2.22. The molecule has 0 fully saturated rings. The zero-order chi connectivity index (χ0) is 16.2. The molecule has 0 radical (unpaired) electrons. The fourth-order valence-electron chi connectivity index (χ4n) is 2.20. The lowest BCUT2D eigenvalue weighted by molar-refractivity contribution is 0.0951. The van der Waals surface area contributed by atoms with E-state index in [0.29, 0.717) is 22.8 Å². The second kappa shape index (κ2) is 6.62. The Balaban J connectivity index is 1.76. The molecular formula is C17H13ClFN3O. The fraction of sp³-hybridized carbons (Fsp3) is 0.0588. The van der Waals surface area contributed by atoms with Gasteiger partial charge in [0.25, 0.3) is 5.91 Å². The molecule has 0 atom stereocenters. The lowest BCUT2D eigenvalue weighted by Gasteiger charge is -2.06. The molecule has 0 aliphatic rings. The van der Waals surface area contributed by atoms with E-state index in [0.717, 1.165) is 11.1 Å². The lowest BCUT2D eigenvalue weighted by atomic mass is 10.1. The van der Waals surface area contributed by atoms with Crippen LogP contribution in [-0.2, 0) is 6.54 Å². The van der Waals surface area contributed by atoms with E-state index in [1.54, 1.807) is 30.3 Å². The summed E-state index contributed by atoms with van der Waals surface area (Å²) in [7, 11) is 0. The Bertz CT molecular complexity index is 830. The Hall–Kier alpha value is -2.66. The van der Waals surface area contributed by atoms with E-state index in [1.807, 2.05) is 6.07 Å². The quantitative estimate of drug-likeness (QED) is 0.765. The monoisotopic (exact) mass is 329 g/mol. The van der Waals surface area contributed by atoms with Crippen LogP contribution in [0.3, 0.4) is 0 Å². The van der Waals surface area contributed by atoms with Crippen LogP contribution in [0.25, 0.3) is 11.3 Å². The molecule has 0 bridgehead atoms. The first-order valence-electron chi connectivity index (χ1n) is 6.95. The van der Waals surface area contributed by atoms with Crippen LogP contribution < -0.4 is 5.32 Å². The van der Waals surface area contributed by atoms with Gasteiger partial charge in [-0.1, -0.05) is 35.9 Å². The van der Waals surface area contributed by atoms with Gasteiger partial charge in [0.2, 0.25) is 0 Å². The maximum atomic E-state index is 12.9. The van der Waals surface area contributed by atoms with E-state index in [2.05, 4.69) is 15.5 Å². The van der Waals surface area contributed by atoms with Gasteiger partial charge in [0, 0.05) is 17.1 Å². The molecule has 2 N–H and O–H groups in total. The molecule has 23 heavy (non-hydrogen) atoms. The van der Waals surface area contributed by atoms with Gasteiger partial charge in [0.05, 0.1) is 17.5 Å². The maximum Gasteiger partial charge on any atom is 0.255 e. The normalized spacial score (nSPS) is 10.5. The summed E-state index contributed by atoms with van der Waals surface area (Å²) in [5.74, 6) is -0.573. The van der Waals surface area contributed by atoms with Gasteiger partial charge in [0.15, 0.2) is 0 Å². The minimum atomic E-state index is -0.307. The van der Waals surface area contributed by atoms with Crippen LogP contribution in [0.15, 0.2) is 54.7 Å².